The predicted molar refractivity (Wildman–Crippen MR) is 126 cm³/mol. The number of halogens is 1. The summed E-state index contributed by atoms with van der Waals surface area (Å²) in [7, 11) is 0. The van der Waals surface area contributed by atoms with E-state index in [4.69, 9.17) is 16.6 Å². The molecule has 0 spiro atoms. The average molecular weight is 424 g/mol. The second-order valence-corrected chi connectivity index (χ2v) is 8.36. The van der Waals surface area contributed by atoms with E-state index in [0.29, 0.717) is 16.7 Å². The van der Waals surface area contributed by atoms with Gasteiger partial charge in [-0.15, -0.1) is 0 Å². The maximum Gasteiger partial charge on any atom is 0.210 e. The van der Waals surface area contributed by atoms with E-state index in [1.807, 2.05) is 26.1 Å². The molecule has 1 aliphatic rings. The molecule has 30 heavy (non-hydrogen) atoms. The predicted octanol–water partition coefficient (Wildman–Crippen LogP) is 6.60. The Bertz CT molecular complexity index is 1030. The van der Waals surface area contributed by atoms with Gasteiger partial charge in [-0.25, -0.2) is 9.98 Å². The van der Waals surface area contributed by atoms with Crippen LogP contribution in [0.4, 0.5) is 5.95 Å². The Labute approximate surface area is 184 Å². The van der Waals surface area contributed by atoms with Crippen molar-refractivity contribution in [1.29, 1.82) is 5.26 Å². The third kappa shape index (κ3) is 4.60. The zero-order chi connectivity index (χ0) is 21.7. The summed E-state index contributed by atoms with van der Waals surface area (Å²) in [6.45, 7) is 10.2. The highest BCUT2D eigenvalue weighted by Gasteiger charge is 2.24. The van der Waals surface area contributed by atoms with Crippen molar-refractivity contribution in [1.82, 2.24) is 9.55 Å². The molecule has 0 atom stereocenters. The minimum absolute atomic E-state index is 0.397. The third-order valence-electron chi connectivity index (χ3n) is 5.57. The number of hydrogen-bond acceptors (Lipinski definition) is 4. The van der Waals surface area contributed by atoms with Gasteiger partial charge in [-0.2, -0.15) is 5.26 Å². The Morgan fingerprint density at radius 2 is 2.00 bits per heavy atom. The van der Waals surface area contributed by atoms with Crippen molar-refractivity contribution in [3.63, 3.8) is 0 Å². The standard InChI is InChI=1S/C24H30ClN5/c1-5-18(6-2)20-9-10-21(25)22-23(20)30-13-8-7-12-29(24(30)28-22)14-11-27-19(16-26)15-17(3)4/h9-11,14-15,18H,5-8,12-13H2,1-4H3/b14-11+,27-19?. The zero-order valence-corrected chi connectivity index (χ0v) is 19.1. The molecule has 3 rings (SSSR count). The van der Waals surface area contributed by atoms with E-state index in [9.17, 15) is 5.26 Å². The molecule has 0 saturated carbocycles. The molecule has 2 aromatic rings. The first kappa shape index (κ1) is 22.1. The van der Waals surface area contributed by atoms with Crippen molar-refractivity contribution in [3.8, 4) is 6.07 Å². The van der Waals surface area contributed by atoms with Crippen LogP contribution in [0.25, 0.3) is 11.0 Å². The summed E-state index contributed by atoms with van der Waals surface area (Å²) >= 11 is 6.56. The molecule has 0 saturated heterocycles. The van der Waals surface area contributed by atoms with Crippen LogP contribution in [0.2, 0.25) is 5.02 Å². The van der Waals surface area contributed by atoms with E-state index in [1.54, 1.807) is 12.3 Å². The Morgan fingerprint density at radius 1 is 1.27 bits per heavy atom. The van der Waals surface area contributed by atoms with Gasteiger partial charge in [0, 0.05) is 25.5 Å². The van der Waals surface area contributed by atoms with Gasteiger partial charge in [0.1, 0.15) is 17.3 Å². The topological polar surface area (TPSA) is 57.2 Å². The van der Waals surface area contributed by atoms with E-state index in [0.717, 1.165) is 61.3 Å². The Kier molecular flexibility index (Phi) is 7.33. The third-order valence-corrected chi connectivity index (χ3v) is 5.87. The van der Waals surface area contributed by atoms with Gasteiger partial charge >= 0.3 is 0 Å². The van der Waals surface area contributed by atoms with Gasteiger partial charge in [0.15, 0.2) is 0 Å². The number of rotatable bonds is 6. The van der Waals surface area contributed by atoms with Gasteiger partial charge in [-0.05, 0) is 63.2 Å². The van der Waals surface area contributed by atoms with E-state index >= 15 is 0 Å². The molecular weight excluding hydrogens is 394 g/mol. The van der Waals surface area contributed by atoms with Gasteiger partial charge < -0.3 is 9.47 Å². The van der Waals surface area contributed by atoms with Crippen molar-refractivity contribution in [2.24, 2.45) is 4.99 Å². The molecule has 0 amide bonds. The van der Waals surface area contributed by atoms with Crippen LogP contribution < -0.4 is 4.90 Å². The van der Waals surface area contributed by atoms with Gasteiger partial charge in [-0.1, -0.05) is 37.1 Å². The summed E-state index contributed by atoms with van der Waals surface area (Å²) in [6.07, 6.45) is 9.73. The lowest BCUT2D eigenvalue weighted by molar-refractivity contribution is 0.632. The van der Waals surface area contributed by atoms with Gasteiger partial charge in [0.05, 0.1) is 10.5 Å². The van der Waals surface area contributed by atoms with E-state index in [-0.39, 0.29) is 0 Å². The number of nitriles is 1. The van der Waals surface area contributed by atoms with Crippen molar-refractivity contribution in [2.75, 3.05) is 11.4 Å². The molecule has 5 nitrogen and oxygen atoms in total. The van der Waals surface area contributed by atoms with Crippen LogP contribution in [0.1, 0.15) is 64.9 Å². The second-order valence-electron chi connectivity index (χ2n) is 7.96. The maximum atomic E-state index is 9.27. The van der Waals surface area contributed by atoms with Crippen LogP contribution >= 0.6 is 11.6 Å². The highest BCUT2D eigenvalue weighted by atomic mass is 35.5. The van der Waals surface area contributed by atoms with Crippen LogP contribution in [-0.2, 0) is 6.54 Å². The number of fused-ring (bicyclic) bond motifs is 3. The number of aromatic nitrogens is 2. The van der Waals surface area contributed by atoms with E-state index < -0.39 is 0 Å². The highest BCUT2D eigenvalue weighted by Crippen LogP contribution is 2.37. The molecular formula is C24H30ClN5. The van der Waals surface area contributed by atoms with Gasteiger partial charge in [0.2, 0.25) is 5.95 Å². The first-order valence-electron chi connectivity index (χ1n) is 10.7. The van der Waals surface area contributed by atoms with Gasteiger partial charge in [0.25, 0.3) is 0 Å². The fourth-order valence-electron chi connectivity index (χ4n) is 4.07. The first-order valence-corrected chi connectivity index (χ1v) is 11.1. The van der Waals surface area contributed by atoms with Gasteiger partial charge in [-0.3, -0.25) is 0 Å². The molecule has 0 aliphatic carbocycles. The fourth-order valence-corrected chi connectivity index (χ4v) is 4.26. The lowest BCUT2D eigenvalue weighted by atomic mass is 9.93. The van der Waals surface area contributed by atoms with E-state index in [2.05, 4.69) is 40.4 Å². The first-order chi connectivity index (χ1) is 14.5. The highest BCUT2D eigenvalue weighted by molar-refractivity contribution is 6.35. The molecule has 0 fully saturated rings. The lowest BCUT2D eigenvalue weighted by Gasteiger charge is -2.18. The minimum Gasteiger partial charge on any atom is -0.317 e. The number of aliphatic imine (C=N–C) groups is 1. The normalized spacial score (nSPS) is 14.8. The molecule has 0 unspecified atom stereocenters. The Hall–Kier alpha value is -2.58. The van der Waals surface area contributed by atoms with Crippen LogP contribution in [-0.4, -0.2) is 21.8 Å². The smallest absolute Gasteiger partial charge is 0.210 e. The van der Waals surface area contributed by atoms with Crippen molar-refractivity contribution < 1.29 is 0 Å². The fraction of sp³-hybridized carbons (Fsp3) is 0.458. The monoisotopic (exact) mass is 423 g/mol. The number of hydrogen-bond donors (Lipinski definition) is 0. The maximum absolute atomic E-state index is 9.27. The Balaban J connectivity index is 2.08. The summed E-state index contributed by atoms with van der Waals surface area (Å²) in [5.74, 6) is 1.39. The molecule has 2 heterocycles. The molecule has 1 aromatic heterocycles. The Morgan fingerprint density at radius 3 is 2.67 bits per heavy atom. The molecule has 1 aliphatic heterocycles. The lowest BCUT2D eigenvalue weighted by Crippen LogP contribution is -2.18. The molecule has 0 radical (unpaired) electrons. The largest absolute Gasteiger partial charge is 0.317 e. The molecule has 158 valence electrons. The average Bonchev–Trinajstić information content (AvgIpc) is 3.00. The van der Waals surface area contributed by atoms with Crippen LogP contribution in [0.3, 0.4) is 0 Å². The number of imidazole rings is 1. The zero-order valence-electron chi connectivity index (χ0n) is 18.3. The molecule has 0 bridgehead atoms. The number of nitrogens with zero attached hydrogens (tertiary/aromatic N) is 5. The van der Waals surface area contributed by atoms with Crippen LogP contribution in [0, 0.1) is 11.3 Å². The quantitative estimate of drug-likeness (QED) is 0.492. The van der Waals surface area contributed by atoms with Crippen LogP contribution in [0.15, 0.2) is 41.2 Å². The summed E-state index contributed by atoms with van der Waals surface area (Å²) in [5.41, 5.74) is 4.81. The number of aryl methyl sites for hydroxylation is 1. The summed E-state index contributed by atoms with van der Waals surface area (Å²) in [6, 6.07) is 6.28. The summed E-state index contributed by atoms with van der Waals surface area (Å²) < 4.78 is 2.32. The van der Waals surface area contributed by atoms with Crippen LogP contribution in [0.5, 0.6) is 0 Å². The number of benzene rings is 1. The SMILES string of the molecule is CCC(CC)c1ccc(Cl)c2nc3n(c12)CCCCN3/C=C/N=C(C#N)C=C(C)C. The number of anilines is 1. The summed E-state index contributed by atoms with van der Waals surface area (Å²) in [4.78, 5) is 11.4. The number of allylic oxidation sites excluding steroid dienone is 2. The molecule has 0 N–H and O–H groups in total. The van der Waals surface area contributed by atoms with E-state index in [1.165, 1.54) is 5.56 Å². The second kappa shape index (κ2) is 9.95. The molecule has 6 heteroatoms. The van der Waals surface area contributed by atoms with Crippen molar-refractivity contribution in [3.05, 3.63) is 46.8 Å². The van der Waals surface area contributed by atoms with Crippen molar-refractivity contribution in [2.45, 2.75) is 65.8 Å². The summed E-state index contributed by atoms with van der Waals surface area (Å²) in [5, 5.41) is 9.96. The van der Waals surface area contributed by atoms with Crippen molar-refractivity contribution >= 4 is 34.3 Å². The molecule has 1 aromatic carbocycles. The minimum atomic E-state index is 0.397.